The molecule has 82 valence electrons. The molecule has 4 nitrogen and oxygen atoms in total. The fraction of sp³-hybridized carbons (Fsp3) is 0. The average molecular weight is 424 g/mol. The normalized spacial score (nSPS) is 7.87. The molecule has 0 fully saturated rings. The van der Waals surface area contributed by atoms with Crippen LogP contribution in [-0.2, 0) is 16.5 Å². The second-order valence-electron chi connectivity index (χ2n) is 1.71. The first-order valence-corrected chi connectivity index (χ1v) is 9.11. The smallest absolute Gasteiger partial charge is 0.0387 e. The van der Waals surface area contributed by atoms with Gasteiger partial charge >= 0.3 is 35.3 Å². The van der Waals surface area contributed by atoms with Crippen molar-refractivity contribution in [2.75, 3.05) is 0 Å². The van der Waals surface area contributed by atoms with Gasteiger partial charge in [0.25, 0.3) is 0 Å². The van der Waals surface area contributed by atoms with Crippen molar-refractivity contribution < 1.29 is 16.5 Å². The second kappa shape index (κ2) is 13.4. The van der Waals surface area contributed by atoms with Crippen LogP contribution in [-0.4, -0.2) is 19.9 Å². The minimum atomic E-state index is -0.472. The van der Waals surface area contributed by atoms with Crippen molar-refractivity contribution in [3.05, 3.63) is 49.6 Å². The molecular formula is C8H6Cl2N4Pt. The third-order valence-electron chi connectivity index (χ3n) is 0.868. The summed E-state index contributed by atoms with van der Waals surface area (Å²) in [5.41, 5.74) is 0. The van der Waals surface area contributed by atoms with E-state index in [1.54, 1.807) is 24.8 Å². The van der Waals surface area contributed by atoms with Crippen molar-refractivity contribution in [1.29, 1.82) is 0 Å². The van der Waals surface area contributed by atoms with Gasteiger partial charge in [-0.05, 0) is 24.8 Å². The van der Waals surface area contributed by atoms with Crippen molar-refractivity contribution in [3.8, 4) is 0 Å². The molecule has 0 amide bonds. The van der Waals surface area contributed by atoms with E-state index in [0.29, 0.717) is 0 Å². The van der Waals surface area contributed by atoms with E-state index >= 15 is 0 Å². The number of rotatable bonds is 0. The Balaban J connectivity index is 0.000000210. The summed E-state index contributed by atoms with van der Waals surface area (Å²) in [6, 6.07) is 0. The standard InChI is InChI=1S/2C4H3N2.2ClH.Pt/c2*1-2-6-4-3-5-1;;;/h2*1-3H;2*1H;/q2*-1;;;+4/p-2. The first-order valence-electron chi connectivity index (χ1n) is 3.48. The molecule has 0 saturated heterocycles. The maximum absolute atomic E-state index is 4.88. The van der Waals surface area contributed by atoms with Crippen LogP contribution < -0.4 is 0 Å². The number of nitrogens with zero attached hydrogens (tertiary/aromatic N) is 4. The van der Waals surface area contributed by atoms with Crippen LogP contribution in [0.2, 0.25) is 0 Å². The molecule has 0 spiro atoms. The molecule has 0 aliphatic heterocycles. The summed E-state index contributed by atoms with van der Waals surface area (Å²) in [6.07, 6.45) is 14.5. The SMILES string of the molecule is [Cl][Pt+2][Cl].[c-]1cnccn1.[c-]1cnccn1. The van der Waals surface area contributed by atoms with Gasteiger partial charge in [0.15, 0.2) is 0 Å². The second-order valence-corrected chi connectivity index (χ2v) is 5.00. The molecule has 15 heavy (non-hydrogen) atoms. The summed E-state index contributed by atoms with van der Waals surface area (Å²) in [5.74, 6) is 0. The Morgan fingerprint density at radius 3 is 1.27 bits per heavy atom. The van der Waals surface area contributed by atoms with Crippen LogP contribution >= 0.6 is 18.8 Å². The topological polar surface area (TPSA) is 51.6 Å². The molecule has 2 aromatic heterocycles. The molecule has 2 heterocycles. The molecule has 2 aromatic rings. The van der Waals surface area contributed by atoms with Gasteiger partial charge in [0.2, 0.25) is 0 Å². The molecule has 0 aromatic carbocycles. The number of halogens is 2. The van der Waals surface area contributed by atoms with Gasteiger partial charge in [-0.1, -0.05) is 0 Å². The first-order chi connectivity index (χ1) is 7.41. The zero-order valence-corrected chi connectivity index (χ0v) is 11.1. The van der Waals surface area contributed by atoms with Crippen LogP contribution in [0.3, 0.4) is 0 Å². The van der Waals surface area contributed by atoms with E-state index in [4.69, 9.17) is 18.8 Å². The van der Waals surface area contributed by atoms with Gasteiger partial charge in [-0.15, -0.1) is 24.8 Å². The minimum absolute atomic E-state index is 0.472. The Labute approximate surface area is 105 Å². The molecule has 0 atom stereocenters. The Kier molecular flexibility index (Phi) is 12.9. The van der Waals surface area contributed by atoms with Crippen LogP contribution in [0.5, 0.6) is 0 Å². The van der Waals surface area contributed by atoms with Gasteiger partial charge in [0.05, 0.1) is 0 Å². The molecule has 0 aliphatic carbocycles. The third-order valence-corrected chi connectivity index (χ3v) is 0.868. The van der Waals surface area contributed by atoms with Gasteiger partial charge in [-0.25, -0.2) is 0 Å². The van der Waals surface area contributed by atoms with E-state index in [0.717, 1.165) is 0 Å². The average Bonchev–Trinajstić information content (AvgIpc) is 2.35. The van der Waals surface area contributed by atoms with Crippen LogP contribution in [0, 0.1) is 12.4 Å². The van der Waals surface area contributed by atoms with E-state index in [2.05, 4.69) is 32.3 Å². The van der Waals surface area contributed by atoms with Gasteiger partial charge in [-0.2, -0.15) is 0 Å². The molecule has 0 bridgehead atoms. The predicted molar refractivity (Wildman–Crippen MR) is 53.4 cm³/mol. The molecule has 0 aliphatic rings. The Bertz CT molecular complexity index is 213. The maximum Gasteiger partial charge on any atom is -0.0387 e. The summed E-state index contributed by atoms with van der Waals surface area (Å²) in [5, 5.41) is 0. The van der Waals surface area contributed by atoms with E-state index in [-0.39, 0.29) is 0 Å². The fourth-order valence-electron chi connectivity index (χ4n) is 0.449. The van der Waals surface area contributed by atoms with Gasteiger partial charge in [0.1, 0.15) is 0 Å². The zero-order valence-electron chi connectivity index (χ0n) is 7.33. The van der Waals surface area contributed by atoms with E-state index < -0.39 is 16.5 Å². The monoisotopic (exact) mass is 423 g/mol. The largest absolute Gasteiger partial charge is 0.456 e. The first kappa shape index (κ1) is 14.4. The van der Waals surface area contributed by atoms with E-state index in [1.165, 1.54) is 12.4 Å². The Hall–Kier alpha value is -0.572. The molecule has 0 unspecified atom stereocenters. The van der Waals surface area contributed by atoms with Gasteiger partial charge in [-0.3, -0.25) is 0 Å². The molecule has 0 saturated carbocycles. The summed E-state index contributed by atoms with van der Waals surface area (Å²) in [6.45, 7) is 0. The third kappa shape index (κ3) is 13.4. The van der Waals surface area contributed by atoms with Crippen LogP contribution in [0.4, 0.5) is 0 Å². The number of hydrogen-bond donors (Lipinski definition) is 0. The molecule has 0 radical (unpaired) electrons. The molecule has 7 heteroatoms. The summed E-state index contributed by atoms with van der Waals surface area (Å²) in [4.78, 5) is 14.5. The Morgan fingerprint density at radius 1 is 0.800 bits per heavy atom. The summed E-state index contributed by atoms with van der Waals surface area (Å²) >= 11 is -0.472. The summed E-state index contributed by atoms with van der Waals surface area (Å²) < 4.78 is 0. The maximum atomic E-state index is 4.88. The fourth-order valence-corrected chi connectivity index (χ4v) is 0.449. The van der Waals surface area contributed by atoms with Crippen LogP contribution in [0.25, 0.3) is 0 Å². The molecular weight excluding hydrogens is 418 g/mol. The van der Waals surface area contributed by atoms with Crippen molar-refractivity contribution in [2.24, 2.45) is 0 Å². The quantitative estimate of drug-likeness (QED) is 0.607. The number of aromatic nitrogens is 4. The zero-order chi connectivity index (χ0) is 11.2. The van der Waals surface area contributed by atoms with Crippen LogP contribution in [0.1, 0.15) is 0 Å². The predicted octanol–water partition coefficient (Wildman–Crippen LogP) is 1.93. The Morgan fingerprint density at radius 2 is 1.20 bits per heavy atom. The van der Waals surface area contributed by atoms with Crippen molar-refractivity contribution in [2.45, 2.75) is 0 Å². The van der Waals surface area contributed by atoms with Gasteiger partial charge in [0, 0.05) is 0 Å². The van der Waals surface area contributed by atoms with Crippen molar-refractivity contribution in [3.63, 3.8) is 0 Å². The molecule has 0 N–H and O–H groups in total. The van der Waals surface area contributed by atoms with Crippen molar-refractivity contribution in [1.82, 2.24) is 19.9 Å². The van der Waals surface area contributed by atoms with Gasteiger partial charge < -0.3 is 19.9 Å². The van der Waals surface area contributed by atoms with E-state index in [9.17, 15) is 0 Å². The molecule has 2 rings (SSSR count). The van der Waals surface area contributed by atoms with E-state index in [1.807, 2.05) is 0 Å². The minimum Gasteiger partial charge on any atom is -0.456 e. The van der Waals surface area contributed by atoms with Crippen LogP contribution in [0.15, 0.2) is 37.2 Å². The number of hydrogen-bond acceptors (Lipinski definition) is 4. The summed E-state index contributed by atoms with van der Waals surface area (Å²) in [7, 11) is 9.75. The van der Waals surface area contributed by atoms with Crippen molar-refractivity contribution >= 4 is 18.8 Å².